The van der Waals surface area contributed by atoms with Gasteiger partial charge in [-0.25, -0.2) is 13.1 Å². The lowest BCUT2D eigenvalue weighted by Crippen LogP contribution is -2.47. The van der Waals surface area contributed by atoms with E-state index < -0.39 is 22.0 Å². The molecule has 0 bridgehead atoms. The molecule has 2 aromatic rings. The number of aromatic nitrogens is 4. The predicted octanol–water partition coefficient (Wildman–Crippen LogP) is 0.661. The van der Waals surface area contributed by atoms with Gasteiger partial charge < -0.3 is 4.90 Å². The highest BCUT2D eigenvalue weighted by Gasteiger charge is 2.38. The maximum atomic E-state index is 12.9. The Bertz CT molecular complexity index is 850. The van der Waals surface area contributed by atoms with Gasteiger partial charge in [-0.05, 0) is 25.0 Å². The van der Waals surface area contributed by atoms with Gasteiger partial charge in [0.1, 0.15) is 5.82 Å². The normalized spacial score (nSPS) is 19.8. The first-order valence-electron chi connectivity index (χ1n) is 7.15. The number of fused-ring (bicyclic) bond motifs is 1. The zero-order chi connectivity index (χ0) is 17.5. The van der Waals surface area contributed by atoms with Gasteiger partial charge in [-0.2, -0.15) is 17.7 Å². The van der Waals surface area contributed by atoms with Crippen molar-refractivity contribution in [2.24, 2.45) is 0 Å². The second-order valence-corrected chi connectivity index (χ2v) is 7.44. The Morgan fingerprint density at radius 3 is 2.71 bits per heavy atom. The number of sulfonamides is 1. The smallest absolute Gasteiger partial charge is 0.354 e. The van der Waals surface area contributed by atoms with Crippen LogP contribution in [0.15, 0.2) is 12.1 Å². The summed E-state index contributed by atoms with van der Waals surface area (Å²) >= 11 is 0. The van der Waals surface area contributed by atoms with Crippen molar-refractivity contribution >= 4 is 21.5 Å². The molecule has 1 N–H and O–H groups in total. The number of anilines is 1. The molecule has 1 aliphatic heterocycles. The molecule has 3 heterocycles. The highest BCUT2D eigenvalue weighted by atomic mass is 32.2. The fraction of sp³-hybridized carbons (Fsp3) is 0.583. The highest BCUT2D eigenvalue weighted by Crippen LogP contribution is 2.28. The van der Waals surface area contributed by atoms with Crippen molar-refractivity contribution in [1.82, 2.24) is 24.5 Å². The van der Waals surface area contributed by atoms with Crippen LogP contribution in [0.4, 0.5) is 19.0 Å². The van der Waals surface area contributed by atoms with Gasteiger partial charge in [-0.1, -0.05) is 0 Å². The van der Waals surface area contributed by atoms with Gasteiger partial charge in [-0.3, -0.25) is 0 Å². The molecule has 1 atom stereocenters. The molecule has 1 aliphatic rings. The number of hydrogen-bond acceptors (Lipinski definition) is 6. The number of nitrogens with zero attached hydrogens (tertiary/aromatic N) is 5. The number of piperidine rings is 1. The van der Waals surface area contributed by atoms with Crippen molar-refractivity contribution in [1.29, 1.82) is 0 Å². The molecule has 12 heteroatoms. The van der Waals surface area contributed by atoms with E-state index in [1.165, 1.54) is 6.07 Å². The van der Waals surface area contributed by atoms with Crippen molar-refractivity contribution in [2.75, 3.05) is 24.2 Å². The molecule has 8 nitrogen and oxygen atoms in total. The van der Waals surface area contributed by atoms with E-state index in [2.05, 4.69) is 20.0 Å². The van der Waals surface area contributed by atoms with Crippen LogP contribution in [0, 0.1) is 0 Å². The lowest BCUT2D eigenvalue weighted by molar-refractivity contribution is -0.146. The third-order valence-electron chi connectivity index (χ3n) is 3.63. The van der Waals surface area contributed by atoms with E-state index >= 15 is 0 Å². The van der Waals surface area contributed by atoms with Crippen LogP contribution in [0.5, 0.6) is 0 Å². The minimum absolute atomic E-state index is 0.00565. The Morgan fingerprint density at radius 1 is 1.29 bits per heavy atom. The maximum absolute atomic E-state index is 12.9. The van der Waals surface area contributed by atoms with Gasteiger partial charge in [0, 0.05) is 19.1 Å². The summed E-state index contributed by atoms with van der Waals surface area (Å²) in [5, 5.41) is 10.6. The first kappa shape index (κ1) is 16.9. The van der Waals surface area contributed by atoms with Gasteiger partial charge in [0.2, 0.25) is 10.0 Å². The van der Waals surface area contributed by atoms with Crippen molar-refractivity contribution < 1.29 is 21.6 Å². The molecular formula is C12H15F3N6O2S. The van der Waals surface area contributed by atoms with Crippen LogP contribution < -0.4 is 9.62 Å². The second kappa shape index (κ2) is 5.84. The molecule has 132 valence electrons. The van der Waals surface area contributed by atoms with Crippen molar-refractivity contribution in [3.05, 3.63) is 18.0 Å². The number of halogens is 3. The SMILES string of the molecule is CS(=O)(=O)NC1CCCN(c2ccc3nnc(C(F)(F)F)n3n2)C1. The van der Waals surface area contributed by atoms with E-state index in [0.29, 0.717) is 36.3 Å². The maximum Gasteiger partial charge on any atom is 0.453 e. The quantitative estimate of drug-likeness (QED) is 0.860. The number of alkyl halides is 3. The standard InChI is InChI=1S/C12H15F3N6O2S/c1-24(22,23)19-8-3-2-6-20(7-8)10-5-4-9-16-17-11(12(13,14)15)21(9)18-10/h4-5,8,19H,2-3,6-7H2,1H3. The molecular weight excluding hydrogens is 349 g/mol. The van der Waals surface area contributed by atoms with E-state index in [9.17, 15) is 21.6 Å². The summed E-state index contributed by atoms with van der Waals surface area (Å²) in [6.45, 7) is 0.902. The van der Waals surface area contributed by atoms with E-state index in [1.54, 1.807) is 11.0 Å². The summed E-state index contributed by atoms with van der Waals surface area (Å²) in [6, 6.07) is 2.64. The van der Waals surface area contributed by atoms with Crippen LogP contribution in [0.1, 0.15) is 18.7 Å². The monoisotopic (exact) mass is 364 g/mol. The topological polar surface area (TPSA) is 92.5 Å². The summed E-state index contributed by atoms with van der Waals surface area (Å²) in [4.78, 5) is 1.74. The molecule has 24 heavy (non-hydrogen) atoms. The fourth-order valence-corrected chi connectivity index (χ4v) is 3.51. The number of hydrogen-bond donors (Lipinski definition) is 1. The Hall–Kier alpha value is -1.95. The molecule has 1 unspecified atom stereocenters. The molecule has 0 amide bonds. The summed E-state index contributed by atoms with van der Waals surface area (Å²) in [7, 11) is -3.35. The van der Waals surface area contributed by atoms with Gasteiger partial charge in [0.05, 0.1) is 6.26 Å². The molecule has 2 aromatic heterocycles. The number of nitrogens with one attached hydrogen (secondary N) is 1. The zero-order valence-corrected chi connectivity index (χ0v) is 13.5. The van der Waals surface area contributed by atoms with E-state index in [0.717, 1.165) is 6.26 Å². The average Bonchev–Trinajstić information content (AvgIpc) is 2.88. The van der Waals surface area contributed by atoms with Crippen molar-refractivity contribution in [2.45, 2.75) is 25.1 Å². The van der Waals surface area contributed by atoms with Crippen LogP contribution in [-0.4, -0.2) is 53.6 Å². The van der Waals surface area contributed by atoms with Gasteiger partial charge in [-0.15, -0.1) is 15.3 Å². The van der Waals surface area contributed by atoms with Gasteiger partial charge >= 0.3 is 6.18 Å². The van der Waals surface area contributed by atoms with Crippen LogP contribution in [0.2, 0.25) is 0 Å². The van der Waals surface area contributed by atoms with Crippen LogP contribution in [-0.2, 0) is 16.2 Å². The summed E-state index contributed by atoms with van der Waals surface area (Å²) in [5.74, 6) is -0.880. The Morgan fingerprint density at radius 2 is 2.04 bits per heavy atom. The largest absolute Gasteiger partial charge is 0.453 e. The second-order valence-electron chi connectivity index (χ2n) is 5.66. The first-order valence-corrected chi connectivity index (χ1v) is 9.04. The molecule has 0 spiro atoms. The molecule has 0 saturated carbocycles. The Labute approximate surface area is 135 Å². The third kappa shape index (κ3) is 3.59. The molecule has 0 aromatic carbocycles. The predicted molar refractivity (Wildman–Crippen MR) is 79.0 cm³/mol. The summed E-state index contributed by atoms with van der Waals surface area (Å²) < 4.78 is 64.6. The number of rotatable bonds is 3. The lowest BCUT2D eigenvalue weighted by Gasteiger charge is -2.33. The van der Waals surface area contributed by atoms with Crippen molar-refractivity contribution in [3.8, 4) is 0 Å². The van der Waals surface area contributed by atoms with E-state index in [4.69, 9.17) is 0 Å². The fourth-order valence-electron chi connectivity index (χ4n) is 2.71. The third-order valence-corrected chi connectivity index (χ3v) is 4.39. The minimum Gasteiger partial charge on any atom is -0.354 e. The van der Waals surface area contributed by atoms with Crippen molar-refractivity contribution in [3.63, 3.8) is 0 Å². The van der Waals surface area contributed by atoms with Crippen LogP contribution >= 0.6 is 0 Å². The van der Waals surface area contributed by atoms with Crippen LogP contribution in [0.3, 0.4) is 0 Å². The van der Waals surface area contributed by atoms with Gasteiger partial charge in [0.25, 0.3) is 5.82 Å². The molecule has 1 fully saturated rings. The summed E-state index contributed by atoms with van der Waals surface area (Å²) in [6.07, 6.45) is -2.23. The summed E-state index contributed by atoms with van der Waals surface area (Å²) in [5.41, 5.74) is -0.00565. The van der Waals surface area contributed by atoms with E-state index in [1.807, 2.05) is 0 Å². The molecule has 0 aliphatic carbocycles. The Kier molecular flexibility index (Phi) is 4.11. The molecule has 1 saturated heterocycles. The van der Waals surface area contributed by atoms with Crippen LogP contribution in [0.25, 0.3) is 5.65 Å². The highest BCUT2D eigenvalue weighted by molar-refractivity contribution is 7.88. The molecule has 3 rings (SSSR count). The minimum atomic E-state index is -4.66. The van der Waals surface area contributed by atoms with Gasteiger partial charge in [0.15, 0.2) is 5.65 Å². The average molecular weight is 364 g/mol. The zero-order valence-electron chi connectivity index (χ0n) is 12.7. The lowest BCUT2D eigenvalue weighted by atomic mass is 10.1. The van der Waals surface area contributed by atoms with E-state index in [-0.39, 0.29) is 11.7 Å². The molecule has 0 radical (unpaired) electrons. The Balaban J connectivity index is 1.89. The first-order chi connectivity index (χ1) is 11.1.